The van der Waals surface area contributed by atoms with Crippen LogP contribution in [0.25, 0.3) is 6.08 Å². The quantitative estimate of drug-likeness (QED) is 0.221. The Labute approximate surface area is 230 Å². The molecule has 2 aliphatic rings. The van der Waals surface area contributed by atoms with Crippen molar-refractivity contribution in [3.63, 3.8) is 0 Å². The molecule has 0 aromatic heterocycles. The van der Waals surface area contributed by atoms with Crippen LogP contribution in [0.15, 0.2) is 42.2 Å². The summed E-state index contributed by atoms with van der Waals surface area (Å²) in [5.41, 5.74) is 2.16. The first-order valence-electron chi connectivity index (χ1n) is 12.3. The molecule has 0 bridgehead atoms. The van der Waals surface area contributed by atoms with E-state index in [0.29, 0.717) is 68.2 Å². The van der Waals surface area contributed by atoms with Gasteiger partial charge in [0.25, 0.3) is 0 Å². The minimum atomic E-state index is -0.547. The van der Waals surface area contributed by atoms with Crippen LogP contribution >= 0.6 is 0 Å². The van der Waals surface area contributed by atoms with Gasteiger partial charge in [0.15, 0.2) is 28.8 Å². The van der Waals surface area contributed by atoms with Crippen LogP contribution in [0.4, 0.5) is 0 Å². The Hall–Kier alpha value is -4.86. The van der Waals surface area contributed by atoms with Crippen LogP contribution in [-0.4, -0.2) is 54.4 Å². The molecule has 0 spiro atoms. The number of hydrogen-bond donors (Lipinski definition) is 0. The van der Waals surface area contributed by atoms with E-state index in [1.54, 1.807) is 42.5 Å². The second kappa shape index (κ2) is 10.7. The Morgan fingerprint density at radius 1 is 0.725 bits per heavy atom. The number of esters is 1. The third-order valence-corrected chi connectivity index (χ3v) is 6.88. The lowest BCUT2D eigenvalue weighted by molar-refractivity contribution is -0.135. The van der Waals surface area contributed by atoms with Crippen LogP contribution in [0.2, 0.25) is 0 Å². The van der Waals surface area contributed by atoms with Crippen LogP contribution in [0.5, 0.6) is 46.0 Å². The van der Waals surface area contributed by atoms with Crippen LogP contribution in [0.3, 0.4) is 0 Å². The summed E-state index contributed by atoms with van der Waals surface area (Å²) in [6.45, 7) is 0. The molecular formula is C30H28O10. The smallest absolute Gasteiger partial charge is 0.312 e. The first kappa shape index (κ1) is 26.7. The molecule has 40 heavy (non-hydrogen) atoms. The van der Waals surface area contributed by atoms with Gasteiger partial charge in [-0.1, -0.05) is 0 Å². The molecule has 0 radical (unpaired) electrons. The molecule has 0 saturated carbocycles. The summed E-state index contributed by atoms with van der Waals surface area (Å²) in [5, 5.41) is 0. The van der Waals surface area contributed by atoms with Gasteiger partial charge in [0.2, 0.25) is 11.5 Å². The maximum atomic E-state index is 13.5. The zero-order chi connectivity index (χ0) is 28.6. The predicted octanol–water partition coefficient (Wildman–Crippen LogP) is 4.80. The summed E-state index contributed by atoms with van der Waals surface area (Å²) in [5.74, 6) is 2.14. The van der Waals surface area contributed by atoms with Gasteiger partial charge >= 0.3 is 5.97 Å². The monoisotopic (exact) mass is 548 g/mol. The molecule has 3 aromatic rings. The van der Waals surface area contributed by atoms with E-state index >= 15 is 0 Å². The Balaban J connectivity index is 1.63. The van der Waals surface area contributed by atoms with Crippen molar-refractivity contribution in [1.29, 1.82) is 0 Å². The molecule has 5 rings (SSSR count). The van der Waals surface area contributed by atoms with Gasteiger partial charge in [-0.05, 0) is 42.0 Å². The standard InChI is InChI=1S/C30H28O10/c1-33-20-14-22(35-3)21(34-2)12-17(20)18-13-26(31)39-19-8-7-16-28(32)23(40-29(16)27(18)19)9-15-10-24(36-4)30(38-6)25(11-15)37-5/h7-12,14,18H,13H2,1-6H3/b23-9-/t18-/m1/s1. The van der Waals surface area contributed by atoms with Crippen molar-refractivity contribution in [2.24, 2.45) is 0 Å². The van der Waals surface area contributed by atoms with E-state index in [1.165, 1.54) is 42.7 Å². The van der Waals surface area contributed by atoms with E-state index in [0.717, 1.165) is 0 Å². The number of fused-ring (bicyclic) bond motifs is 3. The summed E-state index contributed by atoms with van der Waals surface area (Å²) in [7, 11) is 9.11. The van der Waals surface area contributed by atoms with Gasteiger partial charge < -0.3 is 37.9 Å². The number of ketones is 1. The van der Waals surface area contributed by atoms with Crippen molar-refractivity contribution in [1.82, 2.24) is 0 Å². The molecular weight excluding hydrogens is 520 g/mol. The molecule has 0 unspecified atom stereocenters. The maximum Gasteiger partial charge on any atom is 0.312 e. The van der Waals surface area contributed by atoms with Crippen molar-refractivity contribution in [2.75, 3.05) is 42.7 Å². The lowest BCUT2D eigenvalue weighted by Gasteiger charge is -2.28. The lowest BCUT2D eigenvalue weighted by atomic mass is 9.84. The molecule has 10 nitrogen and oxygen atoms in total. The minimum absolute atomic E-state index is 0.00122. The normalized spacial score (nSPS) is 16.4. The van der Waals surface area contributed by atoms with E-state index in [2.05, 4.69) is 0 Å². The Morgan fingerprint density at radius 3 is 1.95 bits per heavy atom. The average Bonchev–Trinajstić information content (AvgIpc) is 3.29. The molecule has 208 valence electrons. The van der Waals surface area contributed by atoms with E-state index in [4.69, 9.17) is 37.9 Å². The second-order valence-corrected chi connectivity index (χ2v) is 8.93. The van der Waals surface area contributed by atoms with E-state index in [9.17, 15) is 9.59 Å². The maximum absolute atomic E-state index is 13.5. The number of carbonyl (C=O) groups excluding carboxylic acids is 2. The van der Waals surface area contributed by atoms with Crippen molar-refractivity contribution in [3.8, 4) is 46.0 Å². The highest BCUT2D eigenvalue weighted by atomic mass is 16.5. The number of hydrogen-bond acceptors (Lipinski definition) is 10. The van der Waals surface area contributed by atoms with Gasteiger partial charge in [-0.15, -0.1) is 0 Å². The minimum Gasteiger partial charge on any atom is -0.496 e. The Kier molecular flexibility index (Phi) is 7.17. The van der Waals surface area contributed by atoms with Crippen molar-refractivity contribution < 1.29 is 47.5 Å². The van der Waals surface area contributed by atoms with Gasteiger partial charge in [0, 0.05) is 23.1 Å². The number of methoxy groups -OCH3 is 6. The highest BCUT2D eigenvalue weighted by Crippen LogP contribution is 2.52. The van der Waals surface area contributed by atoms with Crippen molar-refractivity contribution >= 4 is 17.8 Å². The first-order valence-corrected chi connectivity index (χ1v) is 12.3. The fraction of sp³-hybridized carbons (Fsp3) is 0.267. The number of allylic oxidation sites excluding steroid dienone is 1. The summed E-state index contributed by atoms with van der Waals surface area (Å²) < 4.78 is 44.6. The van der Waals surface area contributed by atoms with E-state index in [-0.39, 0.29) is 18.0 Å². The highest BCUT2D eigenvalue weighted by molar-refractivity contribution is 6.15. The zero-order valence-electron chi connectivity index (χ0n) is 22.9. The molecule has 0 saturated heterocycles. The van der Waals surface area contributed by atoms with Crippen molar-refractivity contribution in [2.45, 2.75) is 12.3 Å². The topological polar surface area (TPSA) is 108 Å². The molecule has 0 fully saturated rings. The number of rotatable bonds is 8. The summed E-state index contributed by atoms with van der Waals surface area (Å²) in [6, 6.07) is 10.1. The number of ether oxygens (including phenoxy) is 8. The fourth-order valence-corrected chi connectivity index (χ4v) is 5.03. The highest BCUT2D eigenvalue weighted by Gasteiger charge is 2.40. The van der Waals surface area contributed by atoms with Crippen LogP contribution in [0.1, 0.15) is 39.4 Å². The first-order chi connectivity index (χ1) is 19.4. The van der Waals surface area contributed by atoms with Gasteiger partial charge in [0.05, 0.1) is 54.6 Å². The lowest BCUT2D eigenvalue weighted by Crippen LogP contribution is -2.22. The molecule has 1 atom stereocenters. The Morgan fingerprint density at radius 2 is 1.35 bits per heavy atom. The molecule has 3 aromatic carbocycles. The summed E-state index contributed by atoms with van der Waals surface area (Å²) in [6.07, 6.45) is 1.60. The SMILES string of the molecule is COc1cc(OC)c([C@H]2CC(=O)Oc3ccc4c(c32)O/C(=C\c2cc(OC)c(OC)c(OC)c2)C4=O)cc1OC. The van der Waals surface area contributed by atoms with Crippen LogP contribution in [0, 0.1) is 0 Å². The third-order valence-electron chi connectivity index (χ3n) is 6.88. The molecule has 10 heteroatoms. The fourth-order valence-electron chi connectivity index (χ4n) is 5.03. The van der Waals surface area contributed by atoms with Crippen LogP contribution < -0.4 is 37.9 Å². The molecule has 0 amide bonds. The van der Waals surface area contributed by atoms with Gasteiger partial charge in [-0.25, -0.2) is 0 Å². The van der Waals surface area contributed by atoms with Gasteiger partial charge in [0.1, 0.15) is 17.2 Å². The third kappa shape index (κ3) is 4.41. The summed E-state index contributed by atoms with van der Waals surface area (Å²) in [4.78, 5) is 26.1. The molecule has 2 aliphatic heterocycles. The zero-order valence-corrected chi connectivity index (χ0v) is 22.9. The van der Waals surface area contributed by atoms with Gasteiger partial charge in [-0.3, -0.25) is 9.59 Å². The predicted molar refractivity (Wildman–Crippen MR) is 144 cm³/mol. The molecule has 0 aliphatic carbocycles. The van der Waals surface area contributed by atoms with E-state index < -0.39 is 11.9 Å². The van der Waals surface area contributed by atoms with Crippen LogP contribution in [-0.2, 0) is 4.79 Å². The van der Waals surface area contributed by atoms with Crippen molar-refractivity contribution in [3.05, 3.63) is 64.4 Å². The molecule has 0 N–H and O–H groups in total. The van der Waals surface area contributed by atoms with Gasteiger partial charge in [-0.2, -0.15) is 0 Å². The number of carbonyl (C=O) groups is 2. The number of Topliss-reactive ketones (excluding diaryl/α,β-unsaturated/α-hetero) is 1. The molecule has 2 heterocycles. The average molecular weight is 549 g/mol. The second-order valence-electron chi connectivity index (χ2n) is 8.93. The summed E-state index contributed by atoms with van der Waals surface area (Å²) >= 11 is 0. The van der Waals surface area contributed by atoms with E-state index in [1.807, 2.05) is 0 Å². The Bertz CT molecular complexity index is 1510. The number of benzene rings is 3. The largest absolute Gasteiger partial charge is 0.496 e.